The first-order valence-corrected chi connectivity index (χ1v) is 11.2. The maximum Gasteiger partial charge on any atom is 0.119 e. The molecule has 4 nitrogen and oxygen atoms in total. The number of benzene rings is 1. The second kappa shape index (κ2) is 9.46. The summed E-state index contributed by atoms with van der Waals surface area (Å²) in [5.74, 6) is 0.911. The molecule has 0 spiro atoms. The summed E-state index contributed by atoms with van der Waals surface area (Å²) in [6.45, 7) is 2.28. The molecule has 1 aliphatic heterocycles. The van der Waals surface area contributed by atoms with Crippen LogP contribution in [0.25, 0.3) is 0 Å². The van der Waals surface area contributed by atoms with Crippen LogP contribution in [0.15, 0.2) is 52.7 Å². The maximum atomic E-state index is 5.93. The third-order valence-electron chi connectivity index (χ3n) is 4.68. The largest absolute Gasteiger partial charge is 0.491 e. The Morgan fingerprint density at radius 2 is 2.26 bits per heavy atom. The van der Waals surface area contributed by atoms with E-state index in [1.807, 2.05) is 17.6 Å². The smallest absolute Gasteiger partial charge is 0.119 e. The quantitative estimate of drug-likeness (QED) is 0.558. The molecule has 27 heavy (non-hydrogen) atoms. The molecule has 1 saturated heterocycles. The van der Waals surface area contributed by atoms with Crippen molar-refractivity contribution in [2.24, 2.45) is 0 Å². The van der Waals surface area contributed by atoms with Crippen LogP contribution in [0.5, 0.6) is 5.75 Å². The van der Waals surface area contributed by atoms with E-state index in [0.29, 0.717) is 6.61 Å². The van der Waals surface area contributed by atoms with Crippen LogP contribution in [0.3, 0.4) is 0 Å². The van der Waals surface area contributed by atoms with Gasteiger partial charge in [0.1, 0.15) is 17.4 Å². The number of aromatic nitrogens is 1. The van der Waals surface area contributed by atoms with Crippen molar-refractivity contribution in [3.05, 3.63) is 68.8 Å². The highest BCUT2D eigenvalue weighted by molar-refractivity contribution is 7.09. The number of thiophene rings is 1. The summed E-state index contributed by atoms with van der Waals surface area (Å²) in [4.78, 5) is 4.52. The highest BCUT2D eigenvalue weighted by Gasteiger charge is 2.17. The van der Waals surface area contributed by atoms with Crippen LogP contribution in [-0.4, -0.2) is 24.3 Å². The highest BCUT2D eigenvalue weighted by Crippen LogP contribution is 2.23. The van der Waals surface area contributed by atoms with Gasteiger partial charge in [-0.05, 0) is 59.3 Å². The average molecular weight is 401 g/mol. The number of nitrogens with one attached hydrogen (secondary N) is 1. The molecule has 0 bridgehead atoms. The van der Waals surface area contributed by atoms with Gasteiger partial charge in [-0.15, -0.1) is 11.3 Å². The Kier molecular flexibility index (Phi) is 6.53. The fourth-order valence-corrected chi connectivity index (χ4v) is 4.64. The summed E-state index contributed by atoms with van der Waals surface area (Å²) in [5.41, 5.74) is 2.56. The molecule has 142 valence electrons. The van der Waals surface area contributed by atoms with Gasteiger partial charge in [-0.3, -0.25) is 0 Å². The molecule has 6 heteroatoms. The normalized spacial score (nSPS) is 17.9. The Bertz CT molecular complexity index is 799. The summed E-state index contributed by atoms with van der Waals surface area (Å²) in [6.07, 6.45) is 5.31. The Morgan fingerprint density at radius 1 is 1.26 bits per heavy atom. The first kappa shape index (κ1) is 18.6. The lowest BCUT2D eigenvalue weighted by Gasteiger charge is -2.17. The number of rotatable bonds is 9. The average Bonchev–Trinajstić information content (AvgIpc) is 3.47. The van der Waals surface area contributed by atoms with Crippen LogP contribution in [0.2, 0.25) is 0 Å². The van der Waals surface area contributed by atoms with Gasteiger partial charge in [0, 0.05) is 24.7 Å². The van der Waals surface area contributed by atoms with Gasteiger partial charge in [0.2, 0.25) is 0 Å². The van der Waals surface area contributed by atoms with Gasteiger partial charge < -0.3 is 14.8 Å². The fraction of sp³-hybridized carbons (Fsp3) is 0.381. The number of nitrogens with zero attached hydrogens (tertiary/aromatic N) is 1. The van der Waals surface area contributed by atoms with Crippen molar-refractivity contribution in [3.63, 3.8) is 0 Å². The van der Waals surface area contributed by atoms with E-state index in [1.165, 1.54) is 11.1 Å². The fourth-order valence-electron chi connectivity index (χ4n) is 3.25. The molecule has 1 aliphatic rings. The molecule has 0 unspecified atom stereocenters. The van der Waals surface area contributed by atoms with Gasteiger partial charge in [-0.25, -0.2) is 4.98 Å². The van der Waals surface area contributed by atoms with Crippen molar-refractivity contribution >= 4 is 22.7 Å². The van der Waals surface area contributed by atoms with E-state index >= 15 is 0 Å². The number of hydrogen-bond acceptors (Lipinski definition) is 6. The standard InChI is InChI=1S/C21H24N2O2S2/c1-3-16(11-18(4-1)25-14-19-5-2-8-24-19)13-23-20(21-22-7-10-27-21)12-17-6-9-26-15-17/h1,3-4,6-7,9-11,15,19-20,23H,2,5,8,12-14H2/t19-,20+/m0/s1. The lowest BCUT2D eigenvalue weighted by Crippen LogP contribution is -2.22. The Morgan fingerprint density at radius 3 is 3.04 bits per heavy atom. The Hall–Kier alpha value is -1.73. The van der Waals surface area contributed by atoms with Crippen molar-refractivity contribution in [3.8, 4) is 5.75 Å². The lowest BCUT2D eigenvalue weighted by molar-refractivity contribution is 0.0679. The van der Waals surface area contributed by atoms with Crippen LogP contribution in [-0.2, 0) is 17.7 Å². The molecule has 0 aliphatic carbocycles. The predicted octanol–water partition coefficient (Wildman–Crippen LogP) is 4.84. The van der Waals surface area contributed by atoms with Crippen molar-refractivity contribution in [1.29, 1.82) is 0 Å². The van der Waals surface area contributed by atoms with Gasteiger partial charge in [0.25, 0.3) is 0 Å². The molecule has 3 aromatic rings. The summed E-state index contributed by atoms with van der Waals surface area (Å²) in [7, 11) is 0. The van der Waals surface area contributed by atoms with Gasteiger partial charge in [-0.2, -0.15) is 11.3 Å². The van der Waals surface area contributed by atoms with Crippen LogP contribution < -0.4 is 10.1 Å². The number of hydrogen-bond donors (Lipinski definition) is 1. The minimum absolute atomic E-state index is 0.219. The lowest BCUT2D eigenvalue weighted by atomic mass is 10.1. The monoisotopic (exact) mass is 400 g/mol. The molecular formula is C21H24N2O2S2. The zero-order chi connectivity index (χ0) is 18.3. The molecule has 0 radical (unpaired) electrons. The van der Waals surface area contributed by atoms with E-state index in [0.717, 1.165) is 43.2 Å². The summed E-state index contributed by atoms with van der Waals surface area (Å²) < 4.78 is 11.6. The van der Waals surface area contributed by atoms with Gasteiger partial charge in [-0.1, -0.05) is 12.1 Å². The van der Waals surface area contributed by atoms with Crippen LogP contribution >= 0.6 is 22.7 Å². The molecule has 1 fully saturated rings. The third-order valence-corrected chi connectivity index (χ3v) is 6.30. The van der Waals surface area contributed by atoms with E-state index in [9.17, 15) is 0 Å². The third kappa shape index (κ3) is 5.39. The Labute approximate surface area is 168 Å². The van der Waals surface area contributed by atoms with Gasteiger partial charge in [0.15, 0.2) is 0 Å². The first-order valence-electron chi connectivity index (χ1n) is 9.34. The van der Waals surface area contributed by atoms with Crippen molar-refractivity contribution < 1.29 is 9.47 Å². The van der Waals surface area contributed by atoms with Gasteiger partial charge in [0.05, 0.1) is 12.1 Å². The first-order chi connectivity index (χ1) is 13.4. The zero-order valence-electron chi connectivity index (χ0n) is 15.2. The molecular weight excluding hydrogens is 376 g/mol. The second-order valence-electron chi connectivity index (χ2n) is 6.73. The molecule has 4 rings (SSSR count). The summed E-state index contributed by atoms with van der Waals surface area (Å²) in [5, 5.41) is 11.2. The van der Waals surface area contributed by atoms with E-state index in [2.05, 4.69) is 45.3 Å². The topological polar surface area (TPSA) is 43.4 Å². The molecule has 0 saturated carbocycles. The van der Waals surface area contributed by atoms with Gasteiger partial charge >= 0.3 is 0 Å². The van der Waals surface area contributed by atoms with E-state index in [-0.39, 0.29) is 12.1 Å². The van der Waals surface area contributed by atoms with E-state index in [1.54, 1.807) is 22.7 Å². The van der Waals surface area contributed by atoms with Crippen LogP contribution in [0.1, 0.15) is 35.0 Å². The second-order valence-corrected chi connectivity index (χ2v) is 8.44. The number of ether oxygens (including phenoxy) is 2. The van der Waals surface area contributed by atoms with Crippen LogP contribution in [0.4, 0.5) is 0 Å². The van der Waals surface area contributed by atoms with Crippen LogP contribution in [0, 0.1) is 0 Å². The molecule has 3 heterocycles. The van der Waals surface area contributed by atoms with E-state index in [4.69, 9.17) is 9.47 Å². The molecule has 2 aromatic heterocycles. The minimum Gasteiger partial charge on any atom is -0.491 e. The number of thiazole rings is 1. The summed E-state index contributed by atoms with van der Waals surface area (Å²) >= 11 is 3.44. The minimum atomic E-state index is 0.219. The molecule has 1 aromatic carbocycles. The highest BCUT2D eigenvalue weighted by atomic mass is 32.1. The molecule has 2 atom stereocenters. The Balaban J connectivity index is 1.36. The van der Waals surface area contributed by atoms with E-state index < -0.39 is 0 Å². The predicted molar refractivity (Wildman–Crippen MR) is 111 cm³/mol. The molecule has 0 amide bonds. The van der Waals surface area contributed by atoms with Crippen molar-refractivity contribution in [2.45, 2.75) is 38.0 Å². The zero-order valence-corrected chi connectivity index (χ0v) is 16.8. The summed E-state index contributed by atoms with van der Waals surface area (Å²) in [6, 6.07) is 10.7. The van der Waals surface area contributed by atoms with Crippen molar-refractivity contribution in [1.82, 2.24) is 10.3 Å². The maximum absolute atomic E-state index is 5.93. The van der Waals surface area contributed by atoms with Crippen molar-refractivity contribution in [2.75, 3.05) is 13.2 Å². The SMILES string of the molecule is c1cc(CN[C@H](Cc2ccsc2)c2nccs2)cc(OC[C@@H]2CCCO2)c1. The molecule has 1 N–H and O–H groups in total.